The summed E-state index contributed by atoms with van der Waals surface area (Å²) in [6.07, 6.45) is 6.09. The van der Waals surface area contributed by atoms with E-state index in [1.54, 1.807) is 13.3 Å². The molecule has 0 spiro atoms. The minimum Gasteiger partial charge on any atom is -0.496 e. The van der Waals surface area contributed by atoms with Gasteiger partial charge in [-0.25, -0.2) is 0 Å². The lowest BCUT2D eigenvalue weighted by Gasteiger charge is -2.32. The summed E-state index contributed by atoms with van der Waals surface area (Å²) in [5.74, 6) is 2.19. The molecule has 1 aromatic heterocycles. The number of rotatable bonds is 9. The Balaban J connectivity index is 1.09. The Morgan fingerprint density at radius 3 is 2.36 bits per heavy atom. The summed E-state index contributed by atoms with van der Waals surface area (Å²) < 4.78 is 13.1. The topological polar surface area (TPSA) is 85.7 Å². The van der Waals surface area contributed by atoms with Crippen LogP contribution in [0.3, 0.4) is 0 Å². The first-order valence-corrected chi connectivity index (χ1v) is 13.2. The van der Waals surface area contributed by atoms with Gasteiger partial charge in [0, 0.05) is 31.3 Å². The number of hydrogen-bond donors (Lipinski definition) is 1. The van der Waals surface area contributed by atoms with Crippen LogP contribution < -0.4 is 14.8 Å². The molecule has 8 heteroatoms. The number of ether oxygens (including phenoxy) is 2. The van der Waals surface area contributed by atoms with Crippen LogP contribution in [0.25, 0.3) is 0 Å². The van der Waals surface area contributed by atoms with Crippen molar-refractivity contribution in [1.29, 1.82) is 0 Å². The smallest absolute Gasteiger partial charge is 0.253 e. The quantitative estimate of drug-likeness (QED) is 0.302. The summed E-state index contributed by atoms with van der Waals surface area (Å²) in [6.45, 7) is 1.29. The van der Waals surface area contributed by atoms with Crippen LogP contribution in [-0.2, 0) is 11.2 Å². The van der Waals surface area contributed by atoms with Crippen LogP contribution in [0.5, 0.6) is 17.2 Å². The van der Waals surface area contributed by atoms with E-state index in [9.17, 15) is 9.59 Å². The second-order valence-corrected chi connectivity index (χ2v) is 9.53. The third-order valence-electron chi connectivity index (χ3n) is 6.91. The molecule has 0 atom stereocenters. The summed E-state index contributed by atoms with van der Waals surface area (Å²) in [6, 6.07) is 24.7. The number of piperidine rings is 1. The minimum atomic E-state index is -0.0685. The number of carbonyl (C=O) groups excluding carboxylic acids is 2. The number of nitrogens with one attached hydrogen (secondary N) is 1. The largest absolute Gasteiger partial charge is 0.496 e. The summed E-state index contributed by atoms with van der Waals surface area (Å²) in [4.78, 5) is 27.4. The van der Waals surface area contributed by atoms with Crippen LogP contribution in [0.2, 0.25) is 0 Å². The highest BCUT2D eigenvalue weighted by Crippen LogP contribution is 2.26. The van der Waals surface area contributed by atoms with Crippen molar-refractivity contribution in [2.24, 2.45) is 0 Å². The van der Waals surface area contributed by atoms with Crippen molar-refractivity contribution in [3.05, 3.63) is 102 Å². The molecule has 1 saturated heterocycles. The Morgan fingerprint density at radius 1 is 0.923 bits per heavy atom. The summed E-state index contributed by atoms with van der Waals surface area (Å²) in [5, 5.41) is 7.41. The Hall–Kier alpha value is -4.59. The average molecular weight is 525 g/mol. The SMILES string of the molecule is COc1ccccc1CCC(=O)Nc1cnn(C2CCN(C(=O)c3ccc(Oc4ccccc4)cc3)CC2)c1. The maximum Gasteiger partial charge on any atom is 0.253 e. The van der Waals surface area contributed by atoms with Crippen molar-refractivity contribution < 1.29 is 19.1 Å². The maximum atomic E-state index is 13.0. The lowest BCUT2D eigenvalue weighted by Crippen LogP contribution is -2.39. The molecule has 0 unspecified atom stereocenters. The van der Waals surface area contributed by atoms with Gasteiger partial charge in [0.25, 0.3) is 5.91 Å². The normalized spacial score (nSPS) is 13.6. The Morgan fingerprint density at radius 2 is 1.62 bits per heavy atom. The number of likely N-dealkylation sites (tertiary alicyclic amines) is 1. The zero-order valence-electron chi connectivity index (χ0n) is 22.0. The fraction of sp³-hybridized carbons (Fsp3) is 0.258. The van der Waals surface area contributed by atoms with Crippen molar-refractivity contribution >= 4 is 17.5 Å². The molecule has 1 aliphatic heterocycles. The molecular formula is C31H32N4O4. The number of anilines is 1. The zero-order chi connectivity index (χ0) is 27.0. The first-order valence-electron chi connectivity index (χ1n) is 13.2. The molecule has 4 aromatic rings. The molecule has 200 valence electrons. The van der Waals surface area contributed by atoms with Crippen LogP contribution in [0.15, 0.2) is 91.3 Å². The highest BCUT2D eigenvalue weighted by molar-refractivity contribution is 5.94. The van der Waals surface area contributed by atoms with Gasteiger partial charge in [-0.2, -0.15) is 5.10 Å². The number of carbonyl (C=O) groups is 2. The number of para-hydroxylation sites is 2. The van der Waals surface area contributed by atoms with Crippen LogP contribution in [-0.4, -0.2) is 46.7 Å². The van der Waals surface area contributed by atoms with Gasteiger partial charge in [0.2, 0.25) is 5.91 Å². The molecule has 1 N–H and O–H groups in total. The molecule has 0 bridgehead atoms. The molecule has 1 aliphatic rings. The molecule has 39 heavy (non-hydrogen) atoms. The third kappa shape index (κ3) is 6.65. The monoisotopic (exact) mass is 524 g/mol. The van der Waals surface area contributed by atoms with Crippen LogP contribution in [0, 0.1) is 0 Å². The number of amides is 2. The molecule has 0 saturated carbocycles. The van der Waals surface area contributed by atoms with Gasteiger partial charge in [-0.3, -0.25) is 14.3 Å². The van der Waals surface area contributed by atoms with Crippen molar-refractivity contribution in [1.82, 2.24) is 14.7 Å². The van der Waals surface area contributed by atoms with E-state index in [0.717, 1.165) is 29.9 Å². The second-order valence-electron chi connectivity index (χ2n) is 9.53. The highest BCUT2D eigenvalue weighted by Gasteiger charge is 2.25. The van der Waals surface area contributed by atoms with Crippen molar-refractivity contribution in [2.75, 3.05) is 25.5 Å². The van der Waals surface area contributed by atoms with E-state index < -0.39 is 0 Å². The number of benzene rings is 3. The van der Waals surface area contributed by atoms with Crippen LogP contribution >= 0.6 is 0 Å². The molecule has 1 fully saturated rings. The van der Waals surface area contributed by atoms with E-state index in [1.165, 1.54) is 0 Å². The van der Waals surface area contributed by atoms with E-state index in [1.807, 2.05) is 94.6 Å². The van der Waals surface area contributed by atoms with E-state index >= 15 is 0 Å². The van der Waals surface area contributed by atoms with Gasteiger partial charge in [0.05, 0.1) is 25.0 Å². The molecular weight excluding hydrogens is 492 g/mol. The first kappa shape index (κ1) is 26.0. The van der Waals surface area contributed by atoms with Gasteiger partial charge in [0.1, 0.15) is 17.2 Å². The van der Waals surface area contributed by atoms with E-state index in [4.69, 9.17) is 9.47 Å². The number of methoxy groups -OCH3 is 1. The Labute approximate surface area is 228 Å². The summed E-state index contributed by atoms with van der Waals surface area (Å²) in [7, 11) is 1.63. The predicted octanol–water partition coefficient (Wildman–Crippen LogP) is 5.73. The Bertz CT molecular complexity index is 1390. The van der Waals surface area contributed by atoms with Gasteiger partial charge < -0.3 is 19.7 Å². The van der Waals surface area contributed by atoms with Crippen molar-refractivity contribution in [3.63, 3.8) is 0 Å². The summed E-state index contributed by atoms with van der Waals surface area (Å²) >= 11 is 0. The van der Waals surface area contributed by atoms with E-state index in [-0.39, 0.29) is 17.9 Å². The summed E-state index contributed by atoms with van der Waals surface area (Å²) in [5.41, 5.74) is 2.33. The predicted molar refractivity (Wildman–Crippen MR) is 149 cm³/mol. The van der Waals surface area contributed by atoms with E-state index in [2.05, 4.69) is 10.4 Å². The third-order valence-corrected chi connectivity index (χ3v) is 6.91. The lowest BCUT2D eigenvalue weighted by molar-refractivity contribution is -0.116. The molecule has 2 amide bonds. The molecule has 8 nitrogen and oxygen atoms in total. The van der Waals surface area contributed by atoms with Gasteiger partial charge >= 0.3 is 0 Å². The fourth-order valence-electron chi connectivity index (χ4n) is 4.79. The van der Waals surface area contributed by atoms with Gasteiger partial charge in [-0.1, -0.05) is 36.4 Å². The van der Waals surface area contributed by atoms with Gasteiger partial charge in [-0.05, 0) is 67.3 Å². The molecule has 5 rings (SSSR count). The van der Waals surface area contributed by atoms with Crippen LogP contribution in [0.4, 0.5) is 5.69 Å². The number of aryl methyl sites for hydroxylation is 1. The average Bonchev–Trinajstić information content (AvgIpc) is 3.45. The van der Waals surface area contributed by atoms with E-state index in [0.29, 0.717) is 42.9 Å². The van der Waals surface area contributed by atoms with Gasteiger partial charge in [-0.15, -0.1) is 0 Å². The van der Waals surface area contributed by atoms with Crippen molar-refractivity contribution in [2.45, 2.75) is 31.7 Å². The molecule has 2 heterocycles. The number of aromatic nitrogens is 2. The molecule has 0 radical (unpaired) electrons. The fourth-order valence-corrected chi connectivity index (χ4v) is 4.79. The maximum absolute atomic E-state index is 13.0. The number of nitrogens with zero attached hydrogens (tertiary/aromatic N) is 3. The number of hydrogen-bond acceptors (Lipinski definition) is 5. The highest BCUT2D eigenvalue weighted by atomic mass is 16.5. The first-order chi connectivity index (χ1) is 19.1. The van der Waals surface area contributed by atoms with Crippen molar-refractivity contribution in [3.8, 4) is 17.2 Å². The zero-order valence-corrected chi connectivity index (χ0v) is 22.0. The standard InChI is InChI=1S/C31H32N4O4/c1-38-29-10-6-5-7-23(29)13-16-30(36)33-25-21-32-35(22-25)26-17-19-34(20-18-26)31(37)24-11-14-28(15-12-24)39-27-8-3-2-4-9-27/h2-12,14-15,21-22,26H,13,16-20H2,1H3,(H,33,36). The van der Waals surface area contributed by atoms with Crippen LogP contribution in [0.1, 0.15) is 41.2 Å². The Kier molecular flexibility index (Phi) is 8.21. The molecule has 0 aliphatic carbocycles. The second kappa shape index (κ2) is 12.3. The molecule has 3 aromatic carbocycles. The van der Waals surface area contributed by atoms with Gasteiger partial charge in [0.15, 0.2) is 0 Å². The lowest BCUT2D eigenvalue weighted by atomic mass is 10.0. The minimum absolute atomic E-state index is 0.0168.